The maximum Gasteiger partial charge on any atom is 0.266 e. The summed E-state index contributed by atoms with van der Waals surface area (Å²) in [5.74, 6) is -0.528. The summed E-state index contributed by atoms with van der Waals surface area (Å²) in [5.41, 5.74) is 2.09. The molecule has 5 rings (SSSR count). The number of hydroxylamine groups is 1. The number of para-hydroxylation sites is 1. The molecule has 0 aliphatic carbocycles. The molecule has 36 heavy (non-hydrogen) atoms. The average molecular weight is 485 g/mol. The molecule has 2 aliphatic heterocycles. The van der Waals surface area contributed by atoms with Crippen molar-refractivity contribution in [3.63, 3.8) is 0 Å². The number of anilines is 2. The minimum Gasteiger partial charge on any atom is -0.493 e. The van der Waals surface area contributed by atoms with Crippen LogP contribution in [-0.4, -0.2) is 39.2 Å². The lowest BCUT2D eigenvalue weighted by atomic mass is 9.89. The SMILES string of the molecule is COc1ccc([C@H]2[C@H]3C(=O)N(c4ccc(C#N)cc4)C(=O)[C@H]3ON2c2ccccc2)c(OC)c1OC. The third-order valence-corrected chi connectivity index (χ3v) is 6.43. The van der Waals surface area contributed by atoms with E-state index in [2.05, 4.69) is 0 Å². The quantitative estimate of drug-likeness (QED) is 0.488. The van der Waals surface area contributed by atoms with E-state index in [-0.39, 0.29) is 0 Å². The van der Waals surface area contributed by atoms with Gasteiger partial charge in [-0.05, 0) is 48.5 Å². The standard InChI is InChI=1S/C27H23N3O6/c1-33-20-14-13-19(23(34-2)24(20)35-3)22-21-25(36-30(22)18-7-5-4-6-8-18)27(32)29(26(21)31)17-11-9-16(15-28)10-12-17/h4-14,21-22,25H,1-3H3/t21-,22+,25+/m1/s1. The van der Waals surface area contributed by atoms with E-state index in [9.17, 15) is 9.59 Å². The van der Waals surface area contributed by atoms with Gasteiger partial charge in [0.25, 0.3) is 5.91 Å². The Balaban J connectivity index is 1.64. The van der Waals surface area contributed by atoms with Gasteiger partial charge in [-0.1, -0.05) is 18.2 Å². The number of rotatable bonds is 6. The molecule has 9 heteroatoms. The molecule has 2 amide bonds. The van der Waals surface area contributed by atoms with Crippen LogP contribution in [0.2, 0.25) is 0 Å². The van der Waals surface area contributed by atoms with Gasteiger partial charge in [-0.3, -0.25) is 14.4 Å². The highest BCUT2D eigenvalue weighted by atomic mass is 16.7. The minimum absolute atomic E-state index is 0.370. The first-order chi connectivity index (χ1) is 17.5. The second kappa shape index (κ2) is 9.24. The molecule has 9 nitrogen and oxygen atoms in total. The summed E-state index contributed by atoms with van der Waals surface area (Å²) in [6, 6.07) is 20.4. The number of fused-ring (bicyclic) bond motifs is 1. The largest absolute Gasteiger partial charge is 0.493 e. The van der Waals surface area contributed by atoms with Crippen molar-refractivity contribution in [3.05, 3.63) is 77.9 Å². The molecular weight excluding hydrogens is 462 g/mol. The fourth-order valence-corrected chi connectivity index (χ4v) is 4.83. The second-order valence-corrected chi connectivity index (χ2v) is 8.25. The molecule has 0 radical (unpaired) electrons. The maximum absolute atomic E-state index is 13.8. The van der Waals surface area contributed by atoms with Crippen molar-refractivity contribution in [2.24, 2.45) is 5.92 Å². The number of ether oxygens (including phenoxy) is 3. The van der Waals surface area contributed by atoms with E-state index in [4.69, 9.17) is 24.3 Å². The van der Waals surface area contributed by atoms with E-state index in [1.165, 1.54) is 21.3 Å². The lowest BCUT2D eigenvalue weighted by Crippen LogP contribution is -2.37. The van der Waals surface area contributed by atoms with Gasteiger partial charge in [-0.2, -0.15) is 5.26 Å². The lowest BCUT2D eigenvalue weighted by molar-refractivity contribution is -0.126. The van der Waals surface area contributed by atoms with Crippen LogP contribution in [0.25, 0.3) is 0 Å². The van der Waals surface area contributed by atoms with Crippen LogP contribution in [0.15, 0.2) is 66.7 Å². The molecule has 3 aromatic carbocycles. The highest BCUT2D eigenvalue weighted by Gasteiger charge is 2.61. The summed E-state index contributed by atoms with van der Waals surface area (Å²) in [5, 5.41) is 10.7. The zero-order chi connectivity index (χ0) is 25.4. The van der Waals surface area contributed by atoms with E-state index in [1.807, 2.05) is 36.4 Å². The van der Waals surface area contributed by atoms with Crippen molar-refractivity contribution < 1.29 is 28.6 Å². The molecule has 2 aliphatic rings. The van der Waals surface area contributed by atoms with Gasteiger partial charge < -0.3 is 14.2 Å². The molecule has 2 fully saturated rings. The molecule has 3 aromatic rings. The Bertz CT molecular complexity index is 1350. The number of imide groups is 1. The molecule has 0 unspecified atom stereocenters. The summed E-state index contributed by atoms with van der Waals surface area (Å²) in [6.07, 6.45) is -1.05. The molecule has 182 valence electrons. The Morgan fingerprint density at radius 3 is 2.11 bits per heavy atom. The highest BCUT2D eigenvalue weighted by molar-refractivity contribution is 6.24. The molecule has 2 saturated heterocycles. The summed E-state index contributed by atoms with van der Waals surface area (Å²) in [6.45, 7) is 0. The fraction of sp³-hybridized carbons (Fsp3) is 0.222. The zero-order valence-corrected chi connectivity index (χ0v) is 19.9. The van der Waals surface area contributed by atoms with E-state index in [1.54, 1.807) is 41.5 Å². The van der Waals surface area contributed by atoms with E-state index in [0.717, 1.165) is 4.90 Å². The lowest BCUT2D eigenvalue weighted by Gasteiger charge is -2.30. The molecule has 0 N–H and O–H groups in total. The monoisotopic (exact) mass is 485 g/mol. The van der Waals surface area contributed by atoms with Crippen molar-refractivity contribution >= 4 is 23.2 Å². The van der Waals surface area contributed by atoms with Crippen molar-refractivity contribution in [1.29, 1.82) is 5.26 Å². The number of methoxy groups -OCH3 is 3. The van der Waals surface area contributed by atoms with E-state index in [0.29, 0.717) is 39.8 Å². The van der Waals surface area contributed by atoms with Crippen LogP contribution in [0.4, 0.5) is 11.4 Å². The van der Waals surface area contributed by atoms with Crippen LogP contribution in [0.1, 0.15) is 17.2 Å². The Morgan fingerprint density at radius 1 is 0.806 bits per heavy atom. The number of carbonyl (C=O) groups excluding carboxylic acids is 2. The van der Waals surface area contributed by atoms with Gasteiger partial charge in [0, 0.05) is 5.56 Å². The Morgan fingerprint density at radius 2 is 1.50 bits per heavy atom. The third-order valence-electron chi connectivity index (χ3n) is 6.43. The van der Waals surface area contributed by atoms with Crippen LogP contribution in [-0.2, 0) is 14.4 Å². The second-order valence-electron chi connectivity index (χ2n) is 8.25. The topological polar surface area (TPSA) is 101 Å². The van der Waals surface area contributed by atoms with Gasteiger partial charge in [0.1, 0.15) is 12.0 Å². The van der Waals surface area contributed by atoms with E-state index >= 15 is 0 Å². The molecule has 0 aromatic heterocycles. The number of carbonyl (C=O) groups is 2. The Hall–Kier alpha value is -4.55. The Labute approximate surface area is 207 Å². The van der Waals surface area contributed by atoms with Crippen molar-refractivity contribution in [2.45, 2.75) is 12.1 Å². The number of amides is 2. The van der Waals surface area contributed by atoms with Crippen LogP contribution >= 0.6 is 0 Å². The normalized spacial score (nSPS) is 20.8. The highest BCUT2D eigenvalue weighted by Crippen LogP contribution is 2.52. The van der Waals surface area contributed by atoms with Crippen molar-refractivity contribution in [1.82, 2.24) is 0 Å². The van der Waals surface area contributed by atoms with Crippen LogP contribution < -0.4 is 24.2 Å². The van der Waals surface area contributed by atoms with Crippen LogP contribution in [0.3, 0.4) is 0 Å². The van der Waals surface area contributed by atoms with Gasteiger partial charge in [-0.15, -0.1) is 0 Å². The number of hydrogen-bond acceptors (Lipinski definition) is 8. The molecular formula is C27H23N3O6. The first kappa shape index (κ1) is 23.2. The first-order valence-corrected chi connectivity index (χ1v) is 11.2. The molecule has 3 atom stereocenters. The zero-order valence-electron chi connectivity index (χ0n) is 19.9. The van der Waals surface area contributed by atoms with E-state index < -0.39 is 29.9 Å². The summed E-state index contributed by atoms with van der Waals surface area (Å²) < 4.78 is 16.7. The molecule has 0 saturated carbocycles. The predicted octanol–water partition coefficient (Wildman–Crippen LogP) is 3.64. The molecule has 0 bridgehead atoms. The number of hydrogen-bond donors (Lipinski definition) is 0. The van der Waals surface area contributed by atoms with Gasteiger partial charge in [-0.25, -0.2) is 9.96 Å². The summed E-state index contributed by atoms with van der Waals surface area (Å²) in [7, 11) is 4.53. The third kappa shape index (κ3) is 3.51. The fourth-order valence-electron chi connectivity index (χ4n) is 4.83. The van der Waals surface area contributed by atoms with Gasteiger partial charge >= 0.3 is 0 Å². The minimum atomic E-state index is -1.05. The molecule has 0 spiro atoms. The van der Waals surface area contributed by atoms with Crippen molar-refractivity contribution in [3.8, 4) is 23.3 Å². The summed E-state index contributed by atoms with van der Waals surface area (Å²) >= 11 is 0. The summed E-state index contributed by atoms with van der Waals surface area (Å²) in [4.78, 5) is 34.6. The molecule has 2 heterocycles. The number of benzene rings is 3. The Kier molecular flexibility index (Phi) is 5.96. The smallest absolute Gasteiger partial charge is 0.266 e. The van der Waals surface area contributed by atoms with Gasteiger partial charge in [0.2, 0.25) is 11.7 Å². The van der Waals surface area contributed by atoms with Gasteiger partial charge in [0.15, 0.2) is 17.6 Å². The number of nitrogens with zero attached hydrogens (tertiary/aromatic N) is 3. The van der Waals surface area contributed by atoms with Gasteiger partial charge in [0.05, 0.1) is 44.3 Å². The maximum atomic E-state index is 13.8. The number of nitriles is 1. The van der Waals surface area contributed by atoms with Crippen molar-refractivity contribution in [2.75, 3.05) is 31.3 Å². The average Bonchev–Trinajstić information content (AvgIpc) is 3.43. The van der Waals surface area contributed by atoms with Crippen LogP contribution in [0, 0.1) is 17.2 Å². The predicted molar refractivity (Wildman–Crippen MR) is 130 cm³/mol. The first-order valence-electron chi connectivity index (χ1n) is 11.2. The van der Waals surface area contributed by atoms with Crippen LogP contribution in [0.5, 0.6) is 17.2 Å².